The van der Waals surface area contributed by atoms with Crippen molar-refractivity contribution in [1.82, 2.24) is 25.4 Å². The van der Waals surface area contributed by atoms with Crippen LogP contribution in [0.5, 0.6) is 0 Å². The van der Waals surface area contributed by atoms with Gasteiger partial charge in [-0.3, -0.25) is 14.7 Å². The van der Waals surface area contributed by atoms with Gasteiger partial charge in [-0.15, -0.1) is 5.10 Å². The summed E-state index contributed by atoms with van der Waals surface area (Å²) in [6.45, 7) is 10.6. The van der Waals surface area contributed by atoms with Gasteiger partial charge in [-0.1, -0.05) is 20.8 Å². The molecular weight excluding hydrogens is 258 g/mol. The fourth-order valence-corrected chi connectivity index (χ4v) is 1.59. The van der Waals surface area contributed by atoms with Gasteiger partial charge in [-0.05, 0) is 13.8 Å². The highest BCUT2D eigenvalue weighted by Gasteiger charge is 2.24. The van der Waals surface area contributed by atoms with Crippen molar-refractivity contribution in [2.24, 2.45) is 0 Å². The first-order chi connectivity index (χ1) is 9.29. The minimum atomic E-state index is -0.342. The molecule has 0 spiro atoms. The van der Waals surface area contributed by atoms with Crippen molar-refractivity contribution in [2.45, 2.75) is 40.0 Å². The van der Waals surface area contributed by atoms with Crippen molar-refractivity contribution in [2.75, 3.05) is 19.6 Å². The fraction of sp³-hybridized carbons (Fsp3) is 0.692. The number of likely N-dealkylation sites (N-methyl/N-ethyl adjacent to an activating group) is 2. The summed E-state index contributed by atoms with van der Waals surface area (Å²) in [7, 11) is 0. The van der Waals surface area contributed by atoms with E-state index in [4.69, 9.17) is 0 Å². The molecule has 7 heteroatoms. The van der Waals surface area contributed by atoms with Crippen LogP contribution in [0.1, 0.15) is 51.1 Å². The maximum atomic E-state index is 12.3. The van der Waals surface area contributed by atoms with Crippen LogP contribution in [0.3, 0.4) is 0 Å². The number of aromatic nitrogens is 3. The molecule has 1 rings (SSSR count). The molecule has 0 radical (unpaired) electrons. The first kappa shape index (κ1) is 16.1. The summed E-state index contributed by atoms with van der Waals surface area (Å²) in [6.07, 6.45) is 0. The average molecular weight is 281 g/mol. The van der Waals surface area contributed by atoms with Gasteiger partial charge in [0.05, 0.1) is 6.54 Å². The lowest BCUT2D eigenvalue weighted by molar-refractivity contribution is -0.121. The Hall–Kier alpha value is -1.92. The van der Waals surface area contributed by atoms with Crippen LogP contribution in [0.2, 0.25) is 0 Å². The molecule has 0 aliphatic carbocycles. The SMILES string of the molecule is CCNC(=O)CN(CC)C(=O)c1n[nH]c(C(C)(C)C)n1. The molecule has 2 amide bonds. The van der Waals surface area contributed by atoms with E-state index >= 15 is 0 Å². The molecule has 0 atom stereocenters. The van der Waals surface area contributed by atoms with Gasteiger partial charge in [0.2, 0.25) is 11.7 Å². The zero-order chi connectivity index (χ0) is 15.3. The van der Waals surface area contributed by atoms with Crippen molar-refractivity contribution in [3.8, 4) is 0 Å². The Morgan fingerprint density at radius 1 is 1.30 bits per heavy atom. The summed E-state index contributed by atoms with van der Waals surface area (Å²) in [4.78, 5) is 29.4. The van der Waals surface area contributed by atoms with Crippen LogP contribution in [-0.4, -0.2) is 51.5 Å². The smallest absolute Gasteiger partial charge is 0.293 e. The highest BCUT2D eigenvalue weighted by atomic mass is 16.2. The molecule has 20 heavy (non-hydrogen) atoms. The first-order valence-electron chi connectivity index (χ1n) is 6.78. The number of aromatic amines is 1. The topological polar surface area (TPSA) is 91.0 Å². The van der Waals surface area contributed by atoms with Crippen LogP contribution >= 0.6 is 0 Å². The second kappa shape index (κ2) is 6.49. The molecule has 7 nitrogen and oxygen atoms in total. The Morgan fingerprint density at radius 2 is 1.95 bits per heavy atom. The number of nitrogens with one attached hydrogen (secondary N) is 2. The van der Waals surface area contributed by atoms with E-state index in [0.717, 1.165) is 0 Å². The number of H-pyrrole nitrogens is 1. The maximum Gasteiger partial charge on any atom is 0.293 e. The number of hydrogen-bond acceptors (Lipinski definition) is 4. The lowest BCUT2D eigenvalue weighted by atomic mass is 9.96. The highest BCUT2D eigenvalue weighted by Crippen LogP contribution is 2.17. The van der Waals surface area contributed by atoms with Crippen LogP contribution in [0.25, 0.3) is 0 Å². The van der Waals surface area contributed by atoms with E-state index < -0.39 is 0 Å². The molecule has 1 heterocycles. The quantitative estimate of drug-likeness (QED) is 0.831. The van der Waals surface area contributed by atoms with Gasteiger partial charge in [0.15, 0.2) is 0 Å². The molecule has 0 bridgehead atoms. The van der Waals surface area contributed by atoms with Gasteiger partial charge in [0.1, 0.15) is 5.82 Å². The third-order valence-electron chi connectivity index (χ3n) is 2.76. The highest BCUT2D eigenvalue weighted by molar-refractivity contribution is 5.93. The lowest BCUT2D eigenvalue weighted by Gasteiger charge is -2.18. The molecular formula is C13H23N5O2. The number of carbonyl (C=O) groups is 2. The summed E-state index contributed by atoms with van der Waals surface area (Å²) in [5.41, 5.74) is -0.206. The molecule has 0 aromatic carbocycles. The van der Waals surface area contributed by atoms with Crippen LogP contribution < -0.4 is 5.32 Å². The minimum Gasteiger partial charge on any atom is -0.355 e. The molecule has 0 fully saturated rings. The van der Waals surface area contributed by atoms with E-state index in [1.807, 2.05) is 34.6 Å². The Labute approximate surface area is 119 Å². The number of hydrogen-bond donors (Lipinski definition) is 2. The second-order valence-corrected chi connectivity index (χ2v) is 5.53. The van der Waals surface area contributed by atoms with Gasteiger partial charge in [0.25, 0.3) is 5.91 Å². The Bertz CT molecular complexity index is 475. The molecule has 112 valence electrons. The van der Waals surface area contributed by atoms with Crippen molar-refractivity contribution >= 4 is 11.8 Å². The number of amides is 2. The maximum absolute atomic E-state index is 12.3. The van der Waals surface area contributed by atoms with E-state index in [-0.39, 0.29) is 29.6 Å². The molecule has 1 aromatic heterocycles. The predicted octanol–water partition coefficient (Wildman–Crippen LogP) is 0.700. The summed E-state index contributed by atoms with van der Waals surface area (Å²) in [5.74, 6) is 0.218. The number of carbonyl (C=O) groups excluding carboxylic acids is 2. The molecule has 0 saturated heterocycles. The molecule has 2 N–H and O–H groups in total. The van der Waals surface area contributed by atoms with Crippen LogP contribution in [0.4, 0.5) is 0 Å². The van der Waals surface area contributed by atoms with E-state index in [0.29, 0.717) is 18.9 Å². The second-order valence-electron chi connectivity index (χ2n) is 5.53. The molecule has 0 aliphatic rings. The van der Waals surface area contributed by atoms with Crippen LogP contribution in [0, 0.1) is 0 Å². The van der Waals surface area contributed by atoms with Crippen LogP contribution in [0.15, 0.2) is 0 Å². The fourth-order valence-electron chi connectivity index (χ4n) is 1.59. The molecule has 0 saturated carbocycles. The lowest BCUT2D eigenvalue weighted by Crippen LogP contribution is -2.41. The average Bonchev–Trinajstić information content (AvgIpc) is 2.84. The van der Waals surface area contributed by atoms with Gasteiger partial charge < -0.3 is 10.2 Å². The van der Waals surface area contributed by atoms with Crippen molar-refractivity contribution in [3.63, 3.8) is 0 Å². The third kappa shape index (κ3) is 4.04. The zero-order valence-corrected chi connectivity index (χ0v) is 12.8. The van der Waals surface area contributed by atoms with Crippen LogP contribution in [-0.2, 0) is 10.2 Å². The van der Waals surface area contributed by atoms with Gasteiger partial charge in [-0.2, -0.15) is 0 Å². The first-order valence-corrected chi connectivity index (χ1v) is 6.78. The Kier molecular flexibility index (Phi) is 5.24. The van der Waals surface area contributed by atoms with Crippen molar-refractivity contribution in [3.05, 3.63) is 11.6 Å². The standard InChI is InChI=1S/C13H23N5O2/c1-6-14-9(19)8-18(7-2)11(20)10-15-12(17-16-10)13(3,4)5/h6-8H2,1-5H3,(H,14,19)(H,15,16,17). The minimum absolute atomic E-state index is 0.0164. The van der Waals surface area contributed by atoms with E-state index in [2.05, 4.69) is 20.5 Å². The normalized spacial score (nSPS) is 11.2. The summed E-state index contributed by atoms with van der Waals surface area (Å²) in [5, 5.41) is 9.39. The summed E-state index contributed by atoms with van der Waals surface area (Å²) in [6, 6.07) is 0. The number of nitrogens with zero attached hydrogens (tertiary/aromatic N) is 3. The monoisotopic (exact) mass is 281 g/mol. The van der Waals surface area contributed by atoms with Gasteiger partial charge in [-0.25, -0.2) is 4.98 Å². The Morgan fingerprint density at radius 3 is 2.40 bits per heavy atom. The van der Waals surface area contributed by atoms with Crippen molar-refractivity contribution < 1.29 is 9.59 Å². The Balaban J connectivity index is 2.81. The van der Waals surface area contributed by atoms with Gasteiger partial charge >= 0.3 is 0 Å². The largest absolute Gasteiger partial charge is 0.355 e. The zero-order valence-electron chi connectivity index (χ0n) is 12.8. The van der Waals surface area contributed by atoms with E-state index in [9.17, 15) is 9.59 Å². The third-order valence-corrected chi connectivity index (χ3v) is 2.76. The molecule has 1 aromatic rings. The van der Waals surface area contributed by atoms with E-state index in [1.165, 1.54) is 4.90 Å². The summed E-state index contributed by atoms with van der Waals surface area (Å²) >= 11 is 0. The van der Waals surface area contributed by atoms with E-state index in [1.54, 1.807) is 0 Å². The van der Waals surface area contributed by atoms with Gasteiger partial charge in [0, 0.05) is 18.5 Å². The number of rotatable bonds is 5. The molecule has 0 aliphatic heterocycles. The summed E-state index contributed by atoms with van der Waals surface area (Å²) < 4.78 is 0. The molecule has 0 unspecified atom stereocenters. The predicted molar refractivity (Wildman–Crippen MR) is 75.3 cm³/mol. The van der Waals surface area contributed by atoms with Crippen molar-refractivity contribution in [1.29, 1.82) is 0 Å².